The van der Waals surface area contributed by atoms with E-state index in [0.29, 0.717) is 6.61 Å². The van der Waals surface area contributed by atoms with Crippen LogP contribution in [0.25, 0.3) is 0 Å². The molecule has 5 nitrogen and oxygen atoms in total. The summed E-state index contributed by atoms with van der Waals surface area (Å²) in [7, 11) is 2.96. The van der Waals surface area contributed by atoms with Crippen molar-refractivity contribution < 1.29 is 24.0 Å². The van der Waals surface area contributed by atoms with Gasteiger partial charge < -0.3 is 14.2 Å². The molecular weight excluding hydrogens is 140 g/mol. The van der Waals surface area contributed by atoms with Crippen LogP contribution in [0.4, 0.5) is 0 Å². The van der Waals surface area contributed by atoms with Crippen LogP contribution in [-0.4, -0.2) is 33.6 Å². The number of rotatable bonds is 2. The van der Waals surface area contributed by atoms with Gasteiger partial charge >= 0.3 is 6.48 Å². The van der Waals surface area contributed by atoms with Crippen molar-refractivity contribution in [1.82, 2.24) is 0 Å². The van der Waals surface area contributed by atoms with Crippen molar-refractivity contribution in [3.63, 3.8) is 0 Å². The quantitative estimate of drug-likeness (QED) is 0.513. The van der Waals surface area contributed by atoms with Gasteiger partial charge in [0, 0.05) is 14.2 Å². The first-order valence-corrected chi connectivity index (χ1v) is 2.86. The Morgan fingerprint density at radius 1 is 1.20 bits per heavy atom. The van der Waals surface area contributed by atoms with Crippen LogP contribution in [0, 0.1) is 0 Å². The number of hydrogen-bond donors (Lipinski definition) is 0. The van der Waals surface area contributed by atoms with Gasteiger partial charge in [0.05, 0.1) is 0 Å². The van der Waals surface area contributed by atoms with Gasteiger partial charge in [0.1, 0.15) is 6.61 Å². The summed E-state index contributed by atoms with van der Waals surface area (Å²) >= 11 is 0. The predicted octanol–water partition coefficient (Wildman–Crippen LogP) is -0.133. The third kappa shape index (κ3) is 1.89. The molecule has 0 saturated carbocycles. The van der Waals surface area contributed by atoms with E-state index < -0.39 is 12.8 Å². The fourth-order valence-electron chi connectivity index (χ4n) is 0.535. The van der Waals surface area contributed by atoms with Crippen LogP contribution in [0.15, 0.2) is 0 Å². The van der Waals surface area contributed by atoms with Gasteiger partial charge in [0.2, 0.25) is 6.29 Å². The van der Waals surface area contributed by atoms with Crippen molar-refractivity contribution in [2.45, 2.75) is 12.8 Å². The molecule has 1 aliphatic rings. The highest BCUT2D eigenvalue weighted by molar-refractivity contribution is 4.39. The molecule has 0 aromatic rings. The van der Waals surface area contributed by atoms with E-state index in [4.69, 9.17) is 9.47 Å². The van der Waals surface area contributed by atoms with E-state index >= 15 is 0 Å². The van der Waals surface area contributed by atoms with Crippen LogP contribution in [0.3, 0.4) is 0 Å². The van der Waals surface area contributed by atoms with E-state index in [9.17, 15) is 0 Å². The number of methoxy groups -OCH3 is 2. The van der Waals surface area contributed by atoms with Gasteiger partial charge in [-0.1, -0.05) is 0 Å². The van der Waals surface area contributed by atoms with Crippen molar-refractivity contribution >= 4 is 0 Å². The van der Waals surface area contributed by atoms with E-state index in [1.807, 2.05) is 0 Å². The van der Waals surface area contributed by atoms with Gasteiger partial charge in [0.25, 0.3) is 0 Å². The molecule has 5 heteroatoms. The lowest BCUT2D eigenvalue weighted by atomic mass is 10.7. The first-order valence-electron chi connectivity index (χ1n) is 2.86. The summed E-state index contributed by atoms with van der Waals surface area (Å²) in [6, 6.07) is 0. The van der Waals surface area contributed by atoms with Gasteiger partial charge in [-0.3, -0.25) is 0 Å². The molecule has 0 unspecified atom stereocenters. The molecular formula is C5H10O5. The Morgan fingerprint density at radius 2 is 2.00 bits per heavy atom. The highest BCUT2D eigenvalue weighted by Crippen LogP contribution is 2.08. The smallest absolute Gasteiger partial charge is 0.301 e. The topological polar surface area (TPSA) is 46.2 Å². The minimum absolute atomic E-state index is 0.314. The highest BCUT2D eigenvalue weighted by Gasteiger charge is 2.22. The Morgan fingerprint density at radius 3 is 2.40 bits per heavy atom. The third-order valence-corrected chi connectivity index (χ3v) is 1.07. The van der Waals surface area contributed by atoms with Crippen LogP contribution in [-0.2, 0) is 24.0 Å². The van der Waals surface area contributed by atoms with Gasteiger partial charge in [-0.2, -0.15) is 9.78 Å². The van der Waals surface area contributed by atoms with Crippen molar-refractivity contribution in [3.8, 4) is 0 Å². The molecule has 0 aromatic carbocycles. The minimum atomic E-state index is -0.730. The Balaban J connectivity index is 2.17. The Labute approximate surface area is 58.7 Å². The fraction of sp³-hybridized carbons (Fsp3) is 1.00. The predicted molar refractivity (Wildman–Crippen MR) is 29.7 cm³/mol. The first-order chi connectivity index (χ1) is 4.86. The Kier molecular flexibility index (Phi) is 3.04. The zero-order valence-electron chi connectivity index (χ0n) is 5.90. The monoisotopic (exact) mass is 150 g/mol. The summed E-state index contributed by atoms with van der Waals surface area (Å²) in [5.74, 6) is 0. The van der Waals surface area contributed by atoms with Gasteiger partial charge in [-0.25, -0.2) is 0 Å². The summed E-state index contributed by atoms with van der Waals surface area (Å²) in [6.07, 6.45) is -0.452. The standard InChI is InChI=1S/C5H10O5/c1-6-4-3-8-5(7-2)10-9-4/h4-5H,3H2,1-2H3/t4-,5-/m1/s1. The molecule has 10 heavy (non-hydrogen) atoms. The molecule has 0 amide bonds. The molecule has 0 radical (unpaired) electrons. The Hall–Kier alpha value is -0.200. The van der Waals surface area contributed by atoms with Crippen LogP contribution in [0.5, 0.6) is 0 Å². The third-order valence-electron chi connectivity index (χ3n) is 1.07. The average molecular weight is 150 g/mol. The maximum absolute atomic E-state index is 4.94. The normalized spacial score (nSPS) is 34.2. The molecule has 0 aliphatic carbocycles. The summed E-state index contributed by atoms with van der Waals surface area (Å²) in [5.41, 5.74) is 0. The number of ether oxygens (including phenoxy) is 3. The van der Waals surface area contributed by atoms with Crippen LogP contribution in [0.1, 0.15) is 0 Å². The molecule has 1 aliphatic heterocycles. The largest absolute Gasteiger partial charge is 0.351 e. The molecule has 1 heterocycles. The van der Waals surface area contributed by atoms with E-state index in [-0.39, 0.29) is 0 Å². The second-order valence-corrected chi connectivity index (χ2v) is 1.72. The highest BCUT2D eigenvalue weighted by atomic mass is 17.3. The van der Waals surface area contributed by atoms with E-state index in [1.54, 1.807) is 0 Å². The van der Waals surface area contributed by atoms with E-state index in [0.717, 1.165) is 0 Å². The molecule has 0 bridgehead atoms. The lowest BCUT2D eigenvalue weighted by molar-refractivity contribution is -0.519. The van der Waals surface area contributed by atoms with Crippen molar-refractivity contribution in [1.29, 1.82) is 0 Å². The van der Waals surface area contributed by atoms with Crippen molar-refractivity contribution in [3.05, 3.63) is 0 Å². The SMILES string of the molecule is CO[C@H]1CO[C@@H](OC)OO1. The van der Waals surface area contributed by atoms with Crippen molar-refractivity contribution in [2.75, 3.05) is 20.8 Å². The van der Waals surface area contributed by atoms with Gasteiger partial charge in [-0.15, -0.1) is 0 Å². The Bertz CT molecular complexity index is 76.0. The molecule has 60 valence electrons. The lowest BCUT2D eigenvalue weighted by Gasteiger charge is -2.25. The lowest BCUT2D eigenvalue weighted by Crippen LogP contribution is -2.35. The van der Waals surface area contributed by atoms with Crippen LogP contribution >= 0.6 is 0 Å². The van der Waals surface area contributed by atoms with E-state index in [2.05, 4.69) is 14.5 Å². The molecule has 0 N–H and O–H groups in total. The summed E-state index contributed by atoms with van der Waals surface area (Å²) in [5, 5.41) is 0. The summed E-state index contributed by atoms with van der Waals surface area (Å²) in [4.78, 5) is 9.22. The molecule has 1 rings (SSSR count). The molecule has 1 fully saturated rings. The average Bonchev–Trinajstić information content (AvgIpc) is 2.05. The molecule has 2 atom stereocenters. The fourth-order valence-corrected chi connectivity index (χ4v) is 0.535. The maximum Gasteiger partial charge on any atom is 0.301 e. The second kappa shape index (κ2) is 3.85. The van der Waals surface area contributed by atoms with Gasteiger partial charge in [-0.05, 0) is 0 Å². The summed E-state index contributed by atoms with van der Waals surface area (Å²) < 4.78 is 14.4. The number of hydrogen-bond acceptors (Lipinski definition) is 5. The first kappa shape index (κ1) is 7.90. The second-order valence-electron chi connectivity index (χ2n) is 1.72. The van der Waals surface area contributed by atoms with Crippen molar-refractivity contribution in [2.24, 2.45) is 0 Å². The zero-order valence-corrected chi connectivity index (χ0v) is 5.90. The molecule has 0 spiro atoms. The van der Waals surface area contributed by atoms with Crippen LogP contribution < -0.4 is 0 Å². The summed E-state index contributed by atoms with van der Waals surface area (Å²) in [6.45, 7) is -0.416. The van der Waals surface area contributed by atoms with Crippen LogP contribution in [0.2, 0.25) is 0 Å². The maximum atomic E-state index is 4.94. The zero-order chi connectivity index (χ0) is 7.40. The van der Waals surface area contributed by atoms with Gasteiger partial charge in [0.15, 0.2) is 0 Å². The molecule has 1 saturated heterocycles. The van der Waals surface area contributed by atoms with E-state index in [1.165, 1.54) is 14.2 Å². The molecule has 0 aromatic heterocycles. The minimum Gasteiger partial charge on any atom is -0.351 e.